The summed E-state index contributed by atoms with van der Waals surface area (Å²) in [4.78, 5) is 14.2. The summed E-state index contributed by atoms with van der Waals surface area (Å²) in [5.74, 6) is 0.148. The SMILES string of the molecule is CC(NCC1(O)CCOC1C)C(=O)N1CCCCC1. The van der Waals surface area contributed by atoms with Gasteiger partial charge in [-0.2, -0.15) is 0 Å². The van der Waals surface area contributed by atoms with Crippen LogP contribution in [0.15, 0.2) is 0 Å². The van der Waals surface area contributed by atoms with Crippen molar-refractivity contribution in [2.45, 2.75) is 57.3 Å². The maximum atomic E-state index is 12.2. The summed E-state index contributed by atoms with van der Waals surface area (Å²) in [5, 5.41) is 13.6. The van der Waals surface area contributed by atoms with Crippen LogP contribution in [0.4, 0.5) is 0 Å². The second kappa shape index (κ2) is 6.20. The van der Waals surface area contributed by atoms with Crippen LogP contribution in [0.3, 0.4) is 0 Å². The minimum Gasteiger partial charge on any atom is -0.386 e. The van der Waals surface area contributed by atoms with Crippen LogP contribution in [0.25, 0.3) is 0 Å². The van der Waals surface area contributed by atoms with E-state index in [1.165, 1.54) is 6.42 Å². The third-order valence-electron chi connectivity index (χ3n) is 4.41. The van der Waals surface area contributed by atoms with Crippen LogP contribution in [0.2, 0.25) is 0 Å². The number of amides is 1. The molecule has 0 aromatic rings. The highest BCUT2D eigenvalue weighted by Gasteiger charge is 2.39. The second-order valence-electron chi connectivity index (χ2n) is 5.86. The van der Waals surface area contributed by atoms with E-state index in [1.807, 2.05) is 18.7 Å². The molecule has 1 amide bonds. The van der Waals surface area contributed by atoms with Gasteiger partial charge in [0.1, 0.15) is 5.60 Å². The van der Waals surface area contributed by atoms with Crippen LogP contribution in [0.1, 0.15) is 39.5 Å². The molecule has 5 heteroatoms. The molecule has 5 nitrogen and oxygen atoms in total. The fourth-order valence-corrected chi connectivity index (χ4v) is 2.81. The number of nitrogens with one attached hydrogen (secondary N) is 1. The summed E-state index contributed by atoms with van der Waals surface area (Å²) < 4.78 is 5.39. The molecule has 0 spiro atoms. The van der Waals surface area contributed by atoms with Crippen molar-refractivity contribution in [3.63, 3.8) is 0 Å². The molecule has 0 bridgehead atoms. The van der Waals surface area contributed by atoms with E-state index >= 15 is 0 Å². The molecule has 2 N–H and O–H groups in total. The first-order chi connectivity index (χ1) is 9.03. The summed E-state index contributed by atoms with van der Waals surface area (Å²) >= 11 is 0. The van der Waals surface area contributed by atoms with Crippen molar-refractivity contribution in [1.82, 2.24) is 10.2 Å². The number of nitrogens with zero attached hydrogens (tertiary/aromatic N) is 1. The van der Waals surface area contributed by atoms with Gasteiger partial charge in [-0.15, -0.1) is 0 Å². The molecule has 2 rings (SSSR count). The van der Waals surface area contributed by atoms with Crippen LogP contribution in [0.5, 0.6) is 0 Å². The Morgan fingerprint density at radius 1 is 1.47 bits per heavy atom. The predicted octanol–water partition coefficient (Wildman–Crippen LogP) is 0.517. The Kier molecular flexibility index (Phi) is 4.81. The van der Waals surface area contributed by atoms with E-state index in [9.17, 15) is 9.90 Å². The summed E-state index contributed by atoms with van der Waals surface area (Å²) in [5.41, 5.74) is -0.837. The molecular weight excluding hydrogens is 244 g/mol. The van der Waals surface area contributed by atoms with Gasteiger partial charge in [-0.25, -0.2) is 0 Å². The van der Waals surface area contributed by atoms with Crippen molar-refractivity contribution in [2.75, 3.05) is 26.2 Å². The lowest BCUT2D eigenvalue weighted by molar-refractivity contribution is -0.134. The first kappa shape index (κ1) is 14.8. The number of carbonyl (C=O) groups excluding carboxylic acids is 1. The molecular formula is C14H26N2O3. The summed E-state index contributed by atoms with van der Waals surface area (Å²) in [6.45, 7) is 6.50. The Balaban J connectivity index is 1.80. The van der Waals surface area contributed by atoms with Crippen molar-refractivity contribution in [1.29, 1.82) is 0 Å². The fraction of sp³-hybridized carbons (Fsp3) is 0.929. The molecule has 2 aliphatic rings. The highest BCUT2D eigenvalue weighted by molar-refractivity contribution is 5.81. The maximum absolute atomic E-state index is 12.2. The second-order valence-corrected chi connectivity index (χ2v) is 5.86. The van der Waals surface area contributed by atoms with Crippen molar-refractivity contribution in [2.24, 2.45) is 0 Å². The topological polar surface area (TPSA) is 61.8 Å². The molecule has 19 heavy (non-hydrogen) atoms. The van der Waals surface area contributed by atoms with Crippen molar-refractivity contribution >= 4 is 5.91 Å². The molecule has 0 aliphatic carbocycles. The van der Waals surface area contributed by atoms with E-state index < -0.39 is 5.60 Å². The van der Waals surface area contributed by atoms with E-state index in [-0.39, 0.29) is 18.1 Å². The molecule has 0 aromatic heterocycles. The first-order valence-corrected chi connectivity index (χ1v) is 7.39. The number of piperidine rings is 1. The van der Waals surface area contributed by atoms with E-state index in [1.54, 1.807) is 0 Å². The van der Waals surface area contributed by atoms with E-state index in [0.29, 0.717) is 19.6 Å². The Morgan fingerprint density at radius 3 is 2.74 bits per heavy atom. The van der Waals surface area contributed by atoms with Gasteiger partial charge in [-0.05, 0) is 33.1 Å². The minimum absolute atomic E-state index is 0.148. The molecule has 0 radical (unpaired) electrons. The quantitative estimate of drug-likeness (QED) is 0.782. The summed E-state index contributed by atoms with van der Waals surface area (Å²) in [6.07, 6.45) is 3.89. The number of likely N-dealkylation sites (tertiary alicyclic amines) is 1. The Labute approximate surface area is 115 Å². The monoisotopic (exact) mass is 270 g/mol. The molecule has 2 aliphatic heterocycles. The van der Waals surface area contributed by atoms with Gasteiger partial charge in [0.05, 0.1) is 12.1 Å². The lowest BCUT2D eigenvalue weighted by Gasteiger charge is -2.32. The Morgan fingerprint density at radius 2 is 2.16 bits per heavy atom. The highest BCUT2D eigenvalue weighted by atomic mass is 16.5. The number of hydrogen-bond donors (Lipinski definition) is 2. The largest absolute Gasteiger partial charge is 0.386 e. The smallest absolute Gasteiger partial charge is 0.239 e. The van der Waals surface area contributed by atoms with Crippen LogP contribution < -0.4 is 5.32 Å². The zero-order valence-corrected chi connectivity index (χ0v) is 12.0. The Bertz CT molecular complexity index is 318. The van der Waals surface area contributed by atoms with Gasteiger partial charge in [0.2, 0.25) is 5.91 Å². The third-order valence-corrected chi connectivity index (χ3v) is 4.41. The molecule has 3 atom stereocenters. The van der Waals surface area contributed by atoms with Gasteiger partial charge in [0, 0.05) is 32.7 Å². The number of ether oxygens (including phenoxy) is 1. The van der Waals surface area contributed by atoms with Gasteiger partial charge >= 0.3 is 0 Å². The van der Waals surface area contributed by atoms with Gasteiger partial charge in [0.25, 0.3) is 0 Å². The van der Waals surface area contributed by atoms with Gasteiger partial charge in [-0.3, -0.25) is 4.79 Å². The lowest BCUT2D eigenvalue weighted by atomic mass is 9.96. The van der Waals surface area contributed by atoms with Crippen molar-refractivity contribution < 1.29 is 14.6 Å². The van der Waals surface area contributed by atoms with Crippen LogP contribution >= 0.6 is 0 Å². The number of hydrogen-bond acceptors (Lipinski definition) is 4. The molecule has 110 valence electrons. The molecule has 2 heterocycles. The zero-order valence-electron chi connectivity index (χ0n) is 12.0. The Hall–Kier alpha value is -0.650. The van der Waals surface area contributed by atoms with Crippen LogP contribution in [-0.2, 0) is 9.53 Å². The summed E-state index contributed by atoms with van der Waals surface area (Å²) in [7, 11) is 0. The van der Waals surface area contributed by atoms with Gasteiger partial charge in [-0.1, -0.05) is 0 Å². The zero-order chi connectivity index (χ0) is 13.9. The number of carbonyl (C=O) groups is 1. The highest BCUT2D eigenvalue weighted by Crippen LogP contribution is 2.24. The lowest BCUT2D eigenvalue weighted by Crippen LogP contribution is -2.53. The normalized spacial score (nSPS) is 33.4. The van der Waals surface area contributed by atoms with Gasteiger partial charge < -0.3 is 20.1 Å². The molecule has 2 saturated heterocycles. The number of aliphatic hydroxyl groups is 1. The predicted molar refractivity (Wildman–Crippen MR) is 72.9 cm³/mol. The number of rotatable bonds is 4. The van der Waals surface area contributed by atoms with Crippen molar-refractivity contribution in [3.8, 4) is 0 Å². The average Bonchev–Trinajstić information content (AvgIpc) is 2.77. The first-order valence-electron chi connectivity index (χ1n) is 7.39. The average molecular weight is 270 g/mol. The third kappa shape index (κ3) is 3.46. The molecule has 0 saturated carbocycles. The van der Waals surface area contributed by atoms with E-state index in [0.717, 1.165) is 25.9 Å². The molecule has 2 fully saturated rings. The molecule has 3 unspecified atom stereocenters. The fourth-order valence-electron chi connectivity index (χ4n) is 2.81. The summed E-state index contributed by atoms with van der Waals surface area (Å²) in [6, 6.07) is -0.241. The van der Waals surface area contributed by atoms with Gasteiger partial charge in [0.15, 0.2) is 0 Å². The van der Waals surface area contributed by atoms with E-state index in [2.05, 4.69) is 5.32 Å². The minimum atomic E-state index is -0.837. The maximum Gasteiger partial charge on any atom is 0.239 e. The van der Waals surface area contributed by atoms with Crippen LogP contribution in [-0.4, -0.2) is 59.9 Å². The van der Waals surface area contributed by atoms with Crippen LogP contribution in [0, 0.1) is 0 Å². The van der Waals surface area contributed by atoms with Crippen molar-refractivity contribution in [3.05, 3.63) is 0 Å². The standard InChI is InChI=1S/C14H26N2O3/c1-11(13(17)16-7-4-3-5-8-16)15-10-14(18)6-9-19-12(14)2/h11-12,15,18H,3-10H2,1-2H3. The van der Waals surface area contributed by atoms with E-state index in [4.69, 9.17) is 4.74 Å². The molecule has 0 aromatic carbocycles.